The molecule has 1 N–H and O–H groups in total. The number of amides is 2. The van der Waals surface area contributed by atoms with Crippen LogP contribution in [0.3, 0.4) is 0 Å². The molecule has 2 aliphatic heterocycles. The number of carbonyl (C=O) groups excluding carboxylic acids is 2. The van der Waals surface area contributed by atoms with Crippen molar-refractivity contribution >= 4 is 17.8 Å². The monoisotopic (exact) mass is 356 g/mol. The first kappa shape index (κ1) is 17.1. The van der Waals surface area contributed by atoms with E-state index in [1.54, 1.807) is 17.0 Å². The van der Waals surface area contributed by atoms with Crippen molar-refractivity contribution in [3.63, 3.8) is 0 Å². The zero-order chi connectivity index (χ0) is 18.3. The molecule has 1 unspecified atom stereocenters. The van der Waals surface area contributed by atoms with Gasteiger partial charge in [-0.05, 0) is 42.5 Å². The van der Waals surface area contributed by atoms with Gasteiger partial charge in [-0.1, -0.05) is 18.9 Å². The molecule has 2 amide bonds. The van der Waals surface area contributed by atoms with E-state index in [0.29, 0.717) is 32.1 Å². The second kappa shape index (κ2) is 6.74. The highest BCUT2D eigenvalue weighted by Crippen LogP contribution is 2.31. The number of rotatable bonds is 3. The van der Waals surface area contributed by atoms with E-state index in [2.05, 4.69) is 0 Å². The first-order chi connectivity index (χ1) is 12.5. The largest absolute Gasteiger partial charge is 0.478 e. The van der Waals surface area contributed by atoms with Gasteiger partial charge in [0, 0.05) is 32.1 Å². The summed E-state index contributed by atoms with van der Waals surface area (Å²) >= 11 is 0. The van der Waals surface area contributed by atoms with E-state index >= 15 is 0 Å². The normalized spacial score (nSPS) is 23.4. The van der Waals surface area contributed by atoms with Crippen LogP contribution in [0.2, 0.25) is 0 Å². The standard InChI is InChI=1S/C20H24N2O4/c23-18-10-16(12-22(18)17-3-1-2-4-17)19(24)21-8-7-13-5-6-14(20(25)26)9-15(13)11-21/h5-6,9,16-17H,1-4,7-8,10-12H2,(H,25,26). The minimum absolute atomic E-state index is 0.0326. The van der Waals surface area contributed by atoms with Crippen molar-refractivity contribution in [3.8, 4) is 0 Å². The van der Waals surface area contributed by atoms with Crippen LogP contribution in [0.15, 0.2) is 18.2 Å². The van der Waals surface area contributed by atoms with Crippen LogP contribution in [0.4, 0.5) is 0 Å². The number of hydrogen-bond donors (Lipinski definition) is 1. The van der Waals surface area contributed by atoms with Crippen molar-refractivity contribution in [2.75, 3.05) is 13.1 Å². The smallest absolute Gasteiger partial charge is 0.335 e. The first-order valence-electron chi connectivity index (χ1n) is 9.46. The molecule has 1 aromatic carbocycles. The average molecular weight is 356 g/mol. The third-order valence-electron chi connectivity index (χ3n) is 6.05. The van der Waals surface area contributed by atoms with Crippen LogP contribution >= 0.6 is 0 Å². The highest BCUT2D eigenvalue weighted by atomic mass is 16.4. The van der Waals surface area contributed by atoms with Gasteiger partial charge >= 0.3 is 5.97 Å². The van der Waals surface area contributed by atoms with E-state index < -0.39 is 5.97 Å². The van der Waals surface area contributed by atoms with Crippen molar-refractivity contribution in [2.24, 2.45) is 5.92 Å². The van der Waals surface area contributed by atoms with Crippen molar-refractivity contribution in [3.05, 3.63) is 34.9 Å². The van der Waals surface area contributed by atoms with Gasteiger partial charge in [-0.25, -0.2) is 4.79 Å². The fraction of sp³-hybridized carbons (Fsp3) is 0.550. The third kappa shape index (κ3) is 3.08. The SMILES string of the molecule is O=C(O)c1ccc2c(c1)CN(C(=O)C1CC(=O)N(C3CCCC3)C1)CC2. The van der Waals surface area contributed by atoms with E-state index in [1.807, 2.05) is 11.0 Å². The number of aromatic carboxylic acids is 1. The molecule has 2 heterocycles. The Bertz CT molecular complexity index is 754. The lowest BCUT2D eigenvalue weighted by Crippen LogP contribution is -2.41. The highest BCUT2D eigenvalue weighted by molar-refractivity contribution is 5.90. The van der Waals surface area contributed by atoms with Crippen LogP contribution in [0, 0.1) is 5.92 Å². The first-order valence-corrected chi connectivity index (χ1v) is 9.46. The molecule has 4 rings (SSSR count). The summed E-state index contributed by atoms with van der Waals surface area (Å²) in [7, 11) is 0. The van der Waals surface area contributed by atoms with Gasteiger partial charge < -0.3 is 14.9 Å². The number of fused-ring (bicyclic) bond motifs is 1. The number of benzene rings is 1. The molecule has 0 spiro atoms. The van der Waals surface area contributed by atoms with Crippen LogP contribution in [-0.4, -0.2) is 51.8 Å². The summed E-state index contributed by atoms with van der Waals surface area (Å²) in [5.74, 6) is -1.07. The molecule has 1 saturated carbocycles. The fourth-order valence-corrected chi connectivity index (χ4v) is 4.60. The van der Waals surface area contributed by atoms with Gasteiger partial charge in [0.05, 0.1) is 11.5 Å². The minimum atomic E-state index is -0.954. The van der Waals surface area contributed by atoms with Crippen LogP contribution in [-0.2, 0) is 22.6 Å². The average Bonchev–Trinajstić information content (AvgIpc) is 3.29. The van der Waals surface area contributed by atoms with Crippen LogP contribution < -0.4 is 0 Å². The summed E-state index contributed by atoms with van der Waals surface area (Å²) in [6.07, 6.45) is 5.50. The van der Waals surface area contributed by atoms with Crippen LogP contribution in [0.1, 0.15) is 53.6 Å². The van der Waals surface area contributed by atoms with Gasteiger partial charge in [0.2, 0.25) is 11.8 Å². The van der Waals surface area contributed by atoms with E-state index in [1.165, 1.54) is 12.8 Å². The summed E-state index contributed by atoms with van der Waals surface area (Å²) in [5, 5.41) is 9.17. The van der Waals surface area contributed by atoms with Crippen molar-refractivity contribution < 1.29 is 19.5 Å². The summed E-state index contributed by atoms with van der Waals surface area (Å²) in [6.45, 7) is 1.61. The lowest BCUT2D eigenvalue weighted by Gasteiger charge is -2.31. The number of carboxylic acid groups (broad SMARTS) is 1. The Morgan fingerprint density at radius 3 is 2.62 bits per heavy atom. The van der Waals surface area contributed by atoms with Gasteiger partial charge in [-0.3, -0.25) is 9.59 Å². The molecule has 138 valence electrons. The molecule has 0 aromatic heterocycles. The molecule has 1 saturated heterocycles. The number of carboxylic acids is 1. The van der Waals surface area contributed by atoms with Crippen LogP contribution in [0.5, 0.6) is 0 Å². The molecular weight excluding hydrogens is 332 g/mol. The Kier molecular flexibility index (Phi) is 4.42. The number of likely N-dealkylation sites (tertiary alicyclic amines) is 1. The Labute approximate surface area is 152 Å². The summed E-state index contributed by atoms with van der Waals surface area (Å²) in [6, 6.07) is 5.46. The zero-order valence-electron chi connectivity index (χ0n) is 14.8. The maximum atomic E-state index is 13.0. The van der Waals surface area contributed by atoms with Gasteiger partial charge in [-0.2, -0.15) is 0 Å². The maximum absolute atomic E-state index is 13.0. The molecule has 0 radical (unpaired) electrons. The number of nitrogens with zero attached hydrogens (tertiary/aromatic N) is 2. The van der Waals surface area contributed by atoms with Crippen molar-refractivity contribution in [1.29, 1.82) is 0 Å². The van der Waals surface area contributed by atoms with Crippen molar-refractivity contribution in [2.45, 2.75) is 51.1 Å². The third-order valence-corrected chi connectivity index (χ3v) is 6.05. The fourth-order valence-electron chi connectivity index (χ4n) is 4.60. The van der Waals surface area contributed by atoms with Gasteiger partial charge in [0.25, 0.3) is 0 Å². The summed E-state index contributed by atoms with van der Waals surface area (Å²) < 4.78 is 0. The van der Waals surface area contributed by atoms with Gasteiger partial charge in [-0.15, -0.1) is 0 Å². The van der Waals surface area contributed by atoms with E-state index in [9.17, 15) is 19.5 Å². The Morgan fingerprint density at radius 1 is 1.12 bits per heavy atom. The molecular formula is C20H24N2O4. The number of hydrogen-bond acceptors (Lipinski definition) is 3. The van der Waals surface area contributed by atoms with E-state index in [0.717, 1.165) is 30.4 Å². The molecule has 26 heavy (non-hydrogen) atoms. The molecule has 1 atom stereocenters. The molecule has 1 aromatic rings. The summed E-state index contributed by atoms with van der Waals surface area (Å²) in [5.41, 5.74) is 2.26. The topological polar surface area (TPSA) is 77.9 Å². The van der Waals surface area contributed by atoms with Gasteiger partial charge in [0.15, 0.2) is 0 Å². The van der Waals surface area contributed by atoms with E-state index in [4.69, 9.17) is 0 Å². The quantitative estimate of drug-likeness (QED) is 0.899. The predicted octanol–water partition coefficient (Wildman–Crippen LogP) is 2.06. The molecule has 2 fully saturated rings. The Balaban J connectivity index is 1.45. The second-order valence-corrected chi connectivity index (χ2v) is 7.68. The van der Waals surface area contributed by atoms with Crippen molar-refractivity contribution in [1.82, 2.24) is 9.80 Å². The van der Waals surface area contributed by atoms with E-state index in [-0.39, 0.29) is 23.3 Å². The lowest BCUT2D eigenvalue weighted by atomic mass is 9.96. The molecule has 6 nitrogen and oxygen atoms in total. The lowest BCUT2D eigenvalue weighted by molar-refractivity contribution is -0.136. The maximum Gasteiger partial charge on any atom is 0.335 e. The molecule has 0 bridgehead atoms. The predicted molar refractivity (Wildman–Crippen MR) is 94.6 cm³/mol. The Morgan fingerprint density at radius 2 is 1.88 bits per heavy atom. The molecule has 1 aliphatic carbocycles. The molecule has 3 aliphatic rings. The Hall–Kier alpha value is -2.37. The number of carbonyl (C=O) groups is 3. The zero-order valence-corrected chi connectivity index (χ0v) is 14.8. The van der Waals surface area contributed by atoms with Gasteiger partial charge in [0.1, 0.15) is 0 Å². The minimum Gasteiger partial charge on any atom is -0.478 e. The summed E-state index contributed by atoms with van der Waals surface area (Å²) in [4.78, 5) is 40.2. The highest BCUT2D eigenvalue weighted by Gasteiger charge is 2.40. The second-order valence-electron chi connectivity index (χ2n) is 7.68. The molecule has 6 heteroatoms. The van der Waals surface area contributed by atoms with Crippen LogP contribution in [0.25, 0.3) is 0 Å².